The summed E-state index contributed by atoms with van der Waals surface area (Å²) in [6.07, 6.45) is 3.24. The van der Waals surface area contributed by atoms with Crippen LogP contribution in [0, 0.1) is 0 Å². The molecular weight excluding hydrogens is 446 g/mol. The lowest BCUT2D eigenvalue weighted by Gasteiger charge is -2.29. The Morgan fingerprint density at radius 1 is 1.33 bits per heavy atom. The highest BCUT2D eigenvalue weighted by Crippen LogP contribution is 2.45. The van der Waals surface area contributed by atoms with E-state index in [-0.39, 0.29) is 36.4 Å². The summed E-state index contributed by atoms with van der Waals surface area (Å²) in [4.78, 5) is 18.1. The van der Waals surface area contributed by atoms with Crippen molar-refractivity contribution in [3.8, 4) is 5.88 Å². The van der Waals surface area contributed by atoms with Crippen molar-refractivity contribution in [2.24, 2.45) is 0 Å². The predicted molar refractivity (Wildman–Crippen MR) is 125 cm³/mol. The highest BCUT2D eigenvalue weighted by molar-refractivity contribution is 7.89. The zero-order chi connectivity index (χ0) is 24.4. The van der Waals surface area contributed by atoms with Gasteiger partial charge >= 0.3 is 6.09 Å². The topological polar surface area (TPSA) is 129 Å². The molecule has 1 saturated carbocycles. The maximum atomic E-state index is 13.4. The van der Waals surface area contributed by atoms with E-state index in [9.17, 15) is 23.4 Å². The SMILES string of the molecule is CC(CN(CCCO)C(=O)OC(C)(C)C)NS(=O)(=O)c1cccc2c(O)ncc(C3CC3)c12. The molecule has 0 saturated heterocycles. The van der Waals surface area contributed by atoms with Gasteiger partial charge in [0.2, 0.25) is 15.9 Å². The number of ether oxygens (including phenoxy) is 1. The Morgan fingerprint density at radius 3 is 2.64 bits per heavy atom. The molecule has 0 radical (unpaired) electrons. The normalized spacial score (nSPS) is 15.4. The first-order valence-corrected chi connectivity index (χ1v) is 12.6. The number of amides is 1. The number of benzene rings is 1. The third-order valence-electron chi connectivity index (χ3n) is 5.28. The fourth-order valence-electron chi connectivity index (χ4n) is 3.75. The number of rotatable bonds is 9. The van der Waals surface area contributed by atoms with Crippen molar-refractivity contribution in [2.75, 3.05) is 19.7 Å². The number of aromatic hydroxyl groups is 1. The lowest BCUT2D eigenvalue weighted by atomic mass is 10.0. The largest absolute Gasteiger partial charge is 0.493 e. The molecule has 1 aliphatic rings. The van der Waals surface area contributed by atoms with Crippen molar-refractivity contribution in [3.63, 3.8) is 0 Å². The summed E-state index contributed by atoms with van der Waals surface area (Å²) in [7, 11) is -3.98. The molecule has 1 aromatic heterocycles. The molecule has 1 heterocycles. The van der Waals surface area contributed by atoms with E-state index in [4.69, 9.17) is 4.74 Å². The van der Waals surface area contributed by atoms with Crippen molar-refractivity contribution in [3.05, 3.63) is 30.0 Å². The number of aromatic nitrogens is 1. The van der Waals surface area contributed by atoms with E-state index >= 15 is 0 Å². The van der Waals surface area contributed by atoms with E-state index in [1.165, 1.54) is 11.0 Å². The molecule has 3 N–H and O–H groups in total. The van der Waals surface area contributed by atoms with Crippen LogP contribution < -0.4 is 4.72 Å². The molecule has 1 aromatic carbocycles. The summed E-state index contributed by atoms with van der Waals surface area (Å²) in [6, 6.07) is 4.12. The average Bonchev–Trinajstić information content (AvgIpc) is 3.54. The molecular formula is C23H33N3O6S. The minimum absolute atomic E-state index is 0.0706. The molecule has 1 fully saturated rings. The van der Waals surface area contributed by atoms with Gasteiger partial charge in [-0.3, -0.25) is 0 Å². The number of sulfonamides is 1. The van der Waals surface area contributed by atoms with Gasteiger partial charge in [-0.25, -0.2) is 22.9 Å². The Morgan fingerprint density at radius 2 is 2.03 bits per heavy atom. The van der Waals surface area contributed by atoms with Crippen LogP contribution in [0.15, 0.2) is 29.3 Å². The van der Waals surface area contributed by atoms with E-state index in [0.29, 0.717) is 17.2 Å². The summed E-state index contributed by atoms with van der Waals surface area (Å²) in [6.45, 7) is 7.13. The van der Waals surface area contributed by atoms with Crippen molar-refractivity contribution in [1.29, 1.82) is 0 Å². The quantitative estimate of drug-likeness (QED) is 0.504. The first kappa shape index (κ1) is 25.2. The van der Waals surface area contributed by atoms with Gasteiger partial charge in [-0.05, 0) is 70.6 Å². The summed E-state index contributed by atoms with van der Waals surface area (Å²) in [5.74, 6) is 0.0233. The van der Waals surface area contributed by atoms with Crippen LogP contribution in [0.3, 0.4) is 0 Å². The van der Waals surface area contributed by atoms with Crippen LogP contribution in [-0.4, -0.2) is 65.9 Å². The van der Waals surface area contributed by atoms with Crippen molar-refractivity contribution in [1.82, 2.24) is 14.6 Å². The molecule has 0 spiro atoms. The number of carbonyl (C=O) groups excluding carboxylic acids is 1. The standard InChI is InChI=1S/C23H33N3O6S/c1-15(14-26(11-6-12-27)22(29)32-23(2,3)4)25-33(30,31)19-8-5-7-17-20(19)18(16-9-10-16)13-24-21(17)28/h5,7-8,13,15-16,25,27H,6,9-12,14H2,1-4H3,(H,24,28). The van der Waals surface area contributed by atoms with Crippen molar-refractivity contribution in [2.45, 2.75) is 69.4 Å². The summed E-state index contributed by atoms with van der Waals surface area (Å²) in [5, 5.41) is 20.3. The first-order valence-electron chi connectivity index (χ1n) is 11.1. The smallest absolute Gasteiger partial charge is 0.410 e. The van der Waals surface area contributed by atoms with Gasteiger partial charge in [-0.2, -0.15) is 0 Å². The third-order valence-corrected chi connectivity index (χ3v) is 6.91. The molecule has 0 aliphatic heterocycles. The summed E-state index contributed by atoms with van der Waals surface area (Å²) in [5.41, 5.74) is 0.116. The third kappa shape index (κ3) is 6.33. The molecule has 182 valence electrons. The van der Waals surface area contributed by atoms with Gasteiger partial charge in [0.1, 0.15) is 5.60 Å². The highest BCUT2D eigenvalue weighted by atomic mass is 32.2. The van der Waals surface area contributed by atoms with Gasteiger partial charge in [0.15, 0.2) is 0 Å². The predicted octanol–water partition coefficient (Wildman–Crippen LogP) is 3.10. The van der Waals surface area contributed by atoms with Crippen molar-refractivity contribution < 1.29 is 28.2 Å². The molecule has 1 amide bonds. The molecule has 3 rings (SSSR count). The molecule has 2 aromatic rings. The van der Waals surface area contributed by atoms with E-state index in [0.717, 1.165) is 18.4 Å². The maximum Gasteiger partial charge on any atom is 0.410 e. The van der Waals surface area contributed by atoms with Gasteiger partial charge in [0.05, 0.1) is 4.90 Å². The minimum atomic E-state index is -3.98. The number of aliphatic hydroxyl groups is 1. The Hall–Kier alpha value is -2.43. The van der Waals surface area contributed by atoms with Gasteiger partial charge in [-0.15, -0.1) is 0 Å². The fourth-order valence-corrected chi connectivity index (χ4v) is 5.23. The zero-order valence-corrected chi connectivity index (χ0v) is 20.4. The Kier molecular flexibility index (Phi) is 7.50. The van der Waals surface area contributed by atoms with Crippen LogP contribution in [0.1, 0.15) is 58.4 Å². The second-order valence-electron chi connectivity index (χ2n) is 9.52. The Labute approximate surface area is 194 Å². The van der Waals surface area contributed by atoms with Crippen LogP contribution in [0.25, 0.3) is 10.8 Å². The number of hydrogen-bond donors (Lipinski definition) is 3. The second kappa shape index (κ2) is 9.82. The van der Waals surface area contributed by atoms with E-state index < -0.39 is 27.8 Å². The second-order valence-corrected chi connectivity index (χ2v) is 11.2. The fraction of sp³-hybridized carbons (Fsp3) is 0.565. The molecule has 9 nitrogen and oxygen atoms in total. The molecule has 1 atom stereocenters. The number of nitrogens with one attached hydrogen (secondary N) is 1. The summed E-state index contributed by atoms with van der Waals surface area (Å²) >= 11 is 0. The number of fused-ring (bicyclic) bond motifs is 1. The number of hydrogen-bond acceptors (Lipinski definition) is 7. The van der Waals surface area contributed by atoms with Gasteiger partial charge in [-0.1, -0.05) is 6.07 Å². The lowest BCUT2D eigenvalue weighted by Crippen LogP contribution is -2.46. The average molecular weight is 480 g/mol. The molecule has 0 bridgehead atoms. The number of carbonyl (C=O) groups is 1. The number of pyridine rings is 1. The van der Waals surface area contributed by atoms with E-state index in [1.807, 2.05) is 0 Å². The van der Waals surface area contributed by atoms with Gasteiger partial charge in [0.25, 0.3) is 0 Å². The van der Waals surface area contributed by atoms with Crippen LogP contribution >= 0.6 is 0 Å². The van der Waals surface area contributed by atoms with Crippen LogP contribution in [-0.2, 0) is 14.8 Å². The van der Waals surface area contributed by atoms with Crippen LogP contribution in [0.5, 0.6) is 5.88 Å². The monoisotopic (exact) mass is 479 g/mol. The number of nitrogens with zero attached hydrogens (tertiary/aromatic N) is 2. The van der Waals surface area contributed by atoms with Gasteiger partial charge in [0, 0.05) is 42.7 Å². The Balaban J connectivity index is 1.86. The van der Waals surface area contributed by atoms with Crippen LogP contribution in [0.4, 0.5) is 4.79 Å². The molecule has 33 heavy (non-hydrogen) atoms. The first-order chi connectivity index (χ1) is 15.4. The molecule has 1 aliphatic carbocycles. The number of aliphatic hydroxyl groups excluding tert-OH is 1. The Bertz CT molecular complexity index is 1110. The highest BCUT2D eigenvalue weighted by Gasteiger charge is 2.31. The minimum Gasteiger partial charge on any atom is -0.493 e. The summed E-state index contributed by atoms with van der Waals surface area (Å²) < 4.78 is 34.8. The van der Waals surface area contributed by atoms with Crippen LogP contribution in [0.2, 0.25) is 0 Å². The zero-order valence-electron chi connectivity index (χ0n) is 19.5. The van der Waals surface area contributed by atoms with E-state index in [1.54, 1.807) is 46.0 Å². The molecule has 10 heteroatoms. The molecule has 1 unspecified atom stereocenters. The van der Waals surface area contributed by atoms with Gasteiger partial charge < -0.3 is 19.8 Å². The lowest BCUT2D eigenvalue weighted by molar-refractivity contribution is 0.0229. The van der Waals surface area contributed by atoms with E-state index in [2.05, 4.69) is 9.71 Å². The maximum absolute atomic E-state index is 13.4. The van der Waals surface area contributed by atoms with Crippen molar-refractivity contribution >= 4 is 26.9 Å².